The van der Waals surface area contributed by atoms with Crippen LogP contribution in [0.2, 0.25) is 0 Å². The van der Waals surface area contributed by atoms with Gasteiger partial charge < -0.3 is 16.0 Å². The molecular weight excluding hydrogens is 226 g/mol. The molecule has 1 aromatic rings. The smallest absolute Gasteiger partial charge is 0.241 e. The highest BCUT2D eigenvalue weighted by atomic mass is 16.2. The van der Waals surface area contributed by atoms with Gasteiger partial charge in [0.15, 0.2) is 0 Å². The molecule has 1 aromatic carbocycles. The molecule has 1 aliphatic heterocycles. The summed E-state index contributed by atoms with van der Waals surface area (Å²) in [4.78, 5) is 14.0. The van der Waals surface area contributed by atoms with Crippen molar-refractivity contribution in [3.63, 3.8) is 0 Å². The second-order valence-electron chi connectivity index (χ2n) is 4.75. The van der Waals surface area contributed by atoms with E-state index in [0.29, 0.717) is 6.42 Å². The lowest BCUT2D eigenvalue weighted by Crippen LogP contribution is -2.34. The lowest BCUT2D eigenvalue weighted by atomic mass is 10.2. The van der Waals surface area contributed by atoms with Crippen LogP contribution >= 0.6 is 0 Å². The minimum absolute atomic E-state index is 0.119. The summed E-state index contributed by atoms with van der Waals surface area (Å²) in [5.41, 5.74) is 7.71. The van der Waals surface area contributed by atoms with Crippen LogP contribution in [0.4, 0.5) is 11.4 Å². The van der Waals surface area contributed by atoms with E-state index in [0.717, 1.165) is 18.8 Å². The van der Waals surface area contributed by atoms with Gasteiger partial charge in [-0.1, -0.05) is 6.92 Å². The van der Waals surface area contributed by atoms with Gasteiger partial charge in [-0.25, -0.2) is 0 Å². The van der Waals surface area contributed by atoms with Crippen molar-refractivity contribution in [2.45, 2.75) is 32.2 Å². The topological polar surface area (TPSA) is 58.4 Å². The van der Waals surface area contributed by atoms with E-state index in [2.05, 4.69) is 22.3 Å². The molecule has 1 heterocycles. The number of nitrogens with one attached hydrogen (secondary N) is 1. The summed E-state index contributed by atoms with van der Waals surface area (Å²) in [6.45, 7) is 4.17. The number of amides is 1. The first-order valence-corrected chi connectivity index (χ1v) is 6.62. The Kier molecular flexibility index (Phi) is 4.20. The van der Waals surface area contributed by atoms with Crippen LogP contribution in [0.25, 0.3) is 0 Å². The Hall–Kier alpha value is -1.55. The molecule has 3 N–H and O–H groups in total. The third-order valence-corrected chi connectivity index (χ3v) is 3.38. The SMILES string of the molecule is CCC(N)C(=O)Nc1ccc(N2CCCC2)cc1. The van der Waals surface area contributed by atoms with Crippen LogP contribution in [-0.2, 0) is 4.79 Å². The molecule has 1 atom stereocenters. The van der Waals surface area contributed by atoms with Crippen LogP contribution in [0.5, 0.6) is 0 Å². The maximum Gasteiger partial charge on any atom is 0.241 e. The summed E-state index contributed by atoms with van der Waals surface area (Å²) < 4.78 is 0. The molecule has 0 spiro atoms. The van der Waals surface area contributed by atoms with Crippen molar-refractivity contribution in [2.24, 2.45) is 5.73 Å². The molecule has 1 unspecified atom stereocenters. The molecule has 1 saturated heterocycles. The van der Waals surface area contributed by atoms with Gasteiger partial charge in [-0.2, -0.15) is 0 Å². The maximum atomic E-state index is 11.6. The van der Waals surface area contributed by atoms with Crippen molar-refractivity contribution >= 4 is 17.3 Å². The van der Waals surface area contributed by atoms with Gasteiger partial charge in [0.25, 0.3) is 0 Å². The van der Waals surface area contributed by atoms with Crippen LogP contribution in [-0.4, -0.2) is 25.0 Å². The molecule has 0 aromatic heterocycles. The Bertz CT molecular complexity index is 396. The number of nitrogens with two attached hydrogens (primary N) is 1. The fraction of sp³-hybridized carbons (Fsp3) is 0.500. The van der Waals surface area contributed by atoms with Gasteiger partial charge in [0.05, 0.1) is 6.04 Å². The van der Waals surface area contributed by atoms with E-state index in [1.165, 1.54) is 18.5 Å². The molecule has 18 heavy (non-hydrogen) atoms. The summed E-state index contributed by atoms with van der Waals surface area (Å²) in [6.07, 6.45) is 3.19. The van der Waals surface area contributed by atoms with Gasteiger partial charge in [-0.05, 0) is 43.5 Å². The minimum atomic E-state index is -0.428. The van der Waals surface area contributed by atoms with Crippen molar-refractivity contribution < 1.29 is 4.79 Å². The number of carbonyl (C=O) groups is 1. The highest BCUT2D eigenvalue weighted by molar-refractivity contribution is 5.94. The van der Waals surface area contributed by atoms with Gasteiger partial charge in [-0.15, -0.1) is 0 Å². The number of benzene rings is 1. The Labute approximate surface area is 108 Å². The van der Waals surface area contributed by atoms with Gasteiger partial charge >= 0.3 is 0 Å². The standard InChI is InChI=1S/C14H21N3O/c1-2-13(15)14(18)16-11-5-7-12(8-6-11)17-9-3-4-10-17/h5-8,13H,2-4,9-10,15H2,1H3,(H,16,18). The maximum absolute atomic E-state index is 11.6. The first kappa shape index (κ1) is 12.9. The first-order chi connectivity index (χ1) is 8.70. The predicted octanol–water partition coefficient (Wildman–Crippen LogP) is 1.96. The molecule has 1 amide bonds. The van der Waals surface area contributed by atoms with Crippen LogP contribution < -0.4 is 16.0 Å². The van der Waals surface area contributed by atoms with E-state index in [1.54, 1.807) is 0 Å². The van der Waals surface area contributed by atoms with Crippen molar-refractivity contribution in [1.82, 2.24) is 0 Å². The molecule has 1 fully saturated rings. The summed E-state index contributed by atoms with van der Waals surface area (Å²) >= 11 is 0. The molecular formula is C14H21N3O. The van der Waals surface area contributed by atoms with Crippen LogP contribution in [0.15, 0.2) is 24.3 Å². The fourth-order valence-electron chi connectivity index (χ4n) is 2.15. The molecule has 0 aliphatic carbocycles. The lowest BCUT2D eigenvalue weighted by molar-refractivity contribution is -0.117. The summed E-state index contributed by atoms with van der Waals surface area (Å²) in [5, 5.41) is 2.83. The van der Waals surface area contributed by atoms with Crippen molar-refractivity contribution in [3.8, 4) is 0 Å². The molecule has 2 rings (SSSR count). The van der Waals surface area contributed by atoms with E-state index >= 15 is 0 Å². The van der Waals surface area contributed by atoms with Gasteiger partial charge in [-0.3, -0.25) is 4.79 Å². The van der Waals surface area contributed by atoms with Gasteiger partial charge in [0.1, 0.15) is 0 Å². The Morgan fingerprint density at radius 2 is 1.94 bits per heavy atom. The van der Waals surface area contributed by atoms with E-state index in [1.807, 2.05) is 19.1 Å². The zero-order valence-corrected chi connectivity index (χ0v) is 10.9. The number of carbonyl (C=O) groups excluding carboxylic acids is 1. The van der Waals surface area contributed by atoms with E-state index in [4.69, 9.17) is 5.73 Å². The molecule has 4 nitrogen and oxygen atoms in total. The second kappa shape index (κ2) is 5.87. The summed E-state index contributed by atoms with van der Waals surface area (Å²) in [7, 11) is 0. The third kappa shape index (κ3) is 3.01. The van der Waals surface area contributed by atoms with E-state index in [9.17, 15) is 4.79 Å². The van der Waals surface area contributed by atoms with Crippen LogP contribution in [0, 0.1) is 0 Å². The Balaban J connectivity index is 1.97. The third-order valence-electron chi connectivity index (χ3n) is 3.38. The molecule has 98 valence electrons. The van der Waals surface area contributed by atoms with Crippen LogP contribution in [0.1, 0.15) is 26.2 Å². The number of rotatable bonds is 4. The van der Waals surface area contributed by atoms with E-state index < -0.39 is 6.04 Å². The first-order valence-electron chi connectivity index (χ1n) is 6.62. The second-order valence-corrected chi connectivity index (χ2v) is 4.75. The van der Waals surface area contributed by atoms with Crippen molar-refractivity contribution in [2.75, 3.05) is 23.3 Å². The number of hydrogen-bond donors (Lipinski definition) is 2. The minimum Gasteiger partial charge on any atom is -0.372 e. The molecule has 1 aliphatic rings. The largest absolute Gasteiger partial charge is 0.372 e. The lowest BCUT2D eigenvalue weighted by Gasteiger charge is -2.18. The average Bonchev–Trinajstić information content (AvgIpc) is 2.92. The van der Waals surface area contributed by atoms with Gasteiger partial charge in [0.2, 0.25) is 5.91 Å². The van der Waals surface area contributed by atoms with Crippen LogP contribution in [0.3, 0.4) is 0 Å². The summed E-state index contributed by atoms with van der Waals surface area (Å²) in [6, 6.07) is 7.56. The number of nitrogens with zero attached hydrogens (tertiary/aromatic N) is 1. The monoisotopic (exact) mass is 247 g/mol. The molecule has 0 radical (unpaired) electrons. The normalized spacial score (nSPS) is 16.7. The zero-order chi connectivity index (χ0) is 13.0. The average molecular weight is 247 g/mol. The van der Waals surface area contributed by atoms with Crippen molar-refractivity contribution in [3.05, 3.63) is 24.3 Å². The highest BCUT2D eigenvalue weighted by Crippen LogP contribution is 2.22. The molecule has 0 saturated carbocycles. The molecule has 4 heteroatoms. The highest BCUT2D eigenvalue weighted by Gasteiger charge is 2.13. The Morgan fingerprint density at radius 1 is 1.33 bits per heavy atom. The zero-order valence-electron chi connectivity index (χ0n) is 10.9. The fourth-order valence-corrected chi connectivity index (χ4v) is 2.15. The van der Waals surface area contributed by atoms with Gasteiger partial charge in [0, 0.05) is 24.5 Å². The predicted molar refractivity (Wildman–Crippen MR) is 74.8 cm³/mol. The number of hydrogen-bond acceptors (Lipinski definition) is 3. The molecule has 0 bridgehead atoms. The quantitative estimate of drug-likeness (QED) is 0.855. The van der Waals surface area contributed by atoms with Crippen molar-refractivity contribution in [1.29, 1.82) is 0 Å². The summed E-state index contributed by atoms with van der Waals surface area (Å²) in [5.74, 6) is -0.119. The van der Waals surface area contributed by atoms with E-state index in [-0.39, 0.29) is 5.91 Å². The Morgan fingerprint density at radius 3 is 2.50 bits per heavy atom. The number of anilines is 2.